The molecule has 1 N–H and O–H groups in total. The molecule has 0 bridgehead atoms. The first-order chi connectivity index (χ1) is 10.6. The van der Waals surface area contributed by atoms with Crippen molar-refractivity contribution in [3.8, 4) is 0 Å². The first kappa shape index (κ1) is 15.3. The first-order valence-electron chi connectivity index (χ1n) is 6.59. The maximum absolute atomic E-state index is 12.4. The van der Waals surface area contributed by atoms with E-state index in [1.54, 1.807) is 23.9 Å². The molecule has 1 amide bonds. The van der Waals surface area contributed by atoms with Crippen LogP contribution in [-0.2, 0) is 0 Å². The largest absolute Gasteiger partial charge is 0.298 e. The summed E-state index contributed by atoms with van der Waals surface area (Å²) in [5, 5.41) is 3.86. The molecule has 0 aliphatic carbocycles. The number of anilines is 1. The zero-order chi connectivity index (χ0) is 15.7. The maximum atomic E-state index is 12.4. The molecule has 0 radical (unpaired) electrons. The zero-order valence-corrected chi connectivity index (χ0v) is 14.4. The second-order valence-corrected chi connectivity index (χ2v) is 7.06. The number of thioether (sulfide) groups is 1. The van der Waals surface area contributed by atoms with Crippen LogP contribution in [0.3, 0.4) is 0 Å². The number of aryl methyl sites for hydroxylation is 1. The molecule has 0 fully saturated rings. The third kappa shape index (κ3) is 2.97. The second kappa shape index (κ2) is 6.28. The number of hydrogen-bond acceptors (Lipinski definition) is 4. The van der Waals surface area contributed by atoms with E-state index < -0.39 is 0 Å². The van der Waals surface area contributed by atoms with E-state index in [0.717, 1.165) is 20.7 Å². The number of nitrogens with one attached hydrogen (secondary N) is 1. The summed E-state index contributed by atoms with van der Waals surface area (Å²) in [4.78, 5) is 17.9. The molecular formula is C16H13ClN2OS2. The molecule has 112 valence electrons. The second-order valence-electron chi connectivity index (χ2n) is 4.74. The van der Waals surface area contributed by atoms with Gasteiger partial charge < -0.3 is 0 Å². The van der Waals surface area contributed by atoms with E-state index in [1.165, 1.54) is 11.3 Å². The highest BCUT2D eigenvalue weighted by molar-refractivity contribution is 7.98. The Hall–Kier alpha value is -1.56. The van der Waals surface area contributed by atoms with Gasteiger partial charge in [-0.2, -0.15) is 0 Å². The highest BCUT2D eigenvalue weighted by atomic mass is 35.5. The van der Waals surface area contributed by atoms with Crippen LogP contribution in [0.5, 0.6) is 0 Å². The molecule has 0 saturated heterocycles. The molecule has 0 unspecified atom stereocenters. The number of benzene rings is 2. The van der Waals surface area contributed by atoms with Crippen molar-refractivity contribution in [2.24, 2.45) is 0 Å². The maximum Gasteiger partial charge on any atom is 0.258 e. The number of carbonyl (C=O) groups excluding carboxylic acids is 1. The molecule has 1 heterocycles. The minimum Gasteiger partial charge on any atom is -0.298 e. The smallest absolute Gasteiger partial charge is 0.258 e. The molecule has 6 heteroatoms. The summed E-state index contributed by atoms with van der Waals surface area (Å²) >= 11 is 9.16. The van der Waals surface area contributed by atoms with Crippen molar-refractivity contribution in [3.05, 3.63) is 52.5 Å². The highest BCUT2D eigenvalue weighted by Gasteiger charge is 2.14. The third-order valence-electron chi connectivity index (χ3n) is 3.26. The van der Waals surface area contributed by atoms with Crippen LogP contribution in [0.25, 0.3) is 10.2 Å². The standard InChI is InChI=1S/C16H13ClN2OS2/c1-9-4-3-5-13-14(9)18-16(22-13)19-15(20)11-8-10(21-2)6-7-12(11)17/h3-8H,1-2H3,(H,18,19,20). The van der Waals surface area contributed by atoms with Gasteiger partial charge in [0.25, 0.3) is 5.91 Å². The Bertz CT molecular complexity index is 860. The predicted octanol–water partition coefficient (Wildman–Crippen LogP) is 5.23. The number of rotatable bonds is 3. The van der Waals surface area contributed by atoms with Crippen LogP contribution in [-0.4, -0.2) is 17.1 Å². The van der Waals surface area contributed by atoms with E-state index in [1.807, 2.05) is 37.4 Å². The summed E-state index contributed by atoms with van der Waals surface area (Å²) in [6, 6.07) is 11.4. The summed E-state index contributed by atoms with van der Waals surface area (Å²) in [7, 11) is 0. The van der Waals surface area contributed by atoms with E-state index >= 15 is 0 Å². The van der Waals surface area contributed by atoms with Gasteiger partial charge >= 0.3 is 0 Å². The molecule has 22 heavy (non-hydrogen) atoms. The van der Waals surface area contributed by atoms with E-state index in [-0.39, 0.29) is 5.91 Å². The van der Waals surface area contributed by atoms with Gasteiger partial charge in [-0.25, -0.2) is 4.98 Å². The number of para-hydroxylation sites is 1. The Morgan fingerprint density at radius 1 is 1.32 bits per heavy atom. The number of fused-ring (bicyclic) bond motifs is 1. The fourth-order valence-electron chi connectivity index (χ4n) is 2.11. The van der Waals surface area contributed by atoms with Crippen molar-refractivity contribution >= 4 is 56.0 Å². The Morgan fingerprint density at radius 2 is 2.14 bits per heavy atom. The number of aromatic nitrogens is 1. The van der Waals surface area contributed by atoms with Crippen molar-refractivity contribution in [3.63, 3.8) is 0 Å². The summed E-state index contributed by atoms with van der Waals surface area (Å²) in [6.07, 6.45) is 1.96. The van der Waals surface area contributed by atoms with Crippen molar-refractivity contribution in [1.29, 1.82) is 0 Å². The summed E-state index contributed by atoms with van der Waals surface area (Å²) in [5.74, 6) is -0.238. The number of thiazole rings is 1. The van der Waals surface area contributed by atoms with Crippen molar-refractivity contribution in [2.75, 3.05) is 11.6 Å². The number of carbonyl (C=O) groups is 1. The molecule has 3 nitrogen and oxygen atoms in total. The molecule has 0 aliphatic rings. The van der Waals surface area contributed by atoms with Crippen LogP contribution in [0.1, 0.15) is 15.9 Å². The lowest BCUT2D eigenvalue weighted by molar-refractivity contribution is 0.102. The Morgan fingerprint density at radius 3 is 2.86 bits per heavy atom. The number of hydrogen-bond donors (Lipinski definition) is 1. The van der Waals surface area contributed by atoms with Gasteiger partial charge in [-0.1, -0.05) is 35.1 Å². The first-order valence-corrected chi connectivity index (χ1v) is 9.01. The minimum absolute atomic E-state index is 0.238. The molecule has 0 aliphatic heterocycles. The molecule has 3 rings (SSSR count). The fourth-order valence-corrected chi connectivity index (χ4v) is 3.69. The van der Waals surface area contributed by atoms with Crippen molar-refractivity contribution in [2.45, 2.75) is 11.8 Å². The van der Waals surface area contributed by atoms with Crippen LogP contribution in [0.4, 0.5) is 5.13 Å². The van der Waals surface area contributed by atoms with Gasteiger partial charge in [-0.15, -0.1) is 11.8 Å². The van der Waals surface area contributed by atoms with Crippen LogP contribution >= 0.6 is 34.7 Å². The normalized spacial score (nSPS) is 10.9. The average Bonchev–Trinajstić information content (AvgIpc) is 2.91. The zero-order valence-electron chi connectivity index (χ0n) is 12.0. The Labute approximate surface area is 141 Å². The average molecular weight is 349 g/mol. The molecular weight excluding hydrogens is 336 g/mol. The predicted molar refractivity (Wildman–Crippen MR) is 95.5 cm³/mol. The van der Waals surface area contributed by atoms with Gasteiger partial charge in [-0.05, 0) is 43.0 Å². The van der Waals surface area contributed by atoms with E-state index in [0.29, 0.717) is 15.7 Å². The quantitative estimate of drug-likeness (QED) is 0.659. The van der Waals surface area contributed by atoms with Crippen molar-refractivity contribution < 1.29 is 4.79 Å². The van der Waals surface area contributed by atoms with Gasteiger partial charge in [0.05, 0.1) is 20.8 Å². The van der Waals surface area contributed by atoms with E-state index in [4.69, 9.17) is 11.6 Å². The van der Waals surface area contributed by atoms with Crippen LogP contribution in [0.15, 0.2) is 41.3 Å². The monoisotopic (exact) mass is 348 g/mol. The molecule has 0 saturated carbocycles. The molecule has 0 atom stereocenters. The highest BCUT2D eigenvalue weighted by Crippen LogP contribution is 2.29. The van der Waals surface area contributed by atoms with Gasteiger partial charge in [0.2, 0.25) is 0 Å². The Balaban J connectivity index is 1.91. The molecule has 3 aromatic rings. The summed E-state index contributed by atoms with van der Waals surface area (Å²) in [5.41, 5.74) is 2.48. The number of halogens is 1. The minimum atomic E-state index is -0.238. The lowest BCUT2D eigenvalue weighted by Crippen LogP contribution is -2.12. The van der Waals surface area contributed by atoms with Gasteiger partial charge in [0.15, 0.2) is 5.13 Å². The van der Waals surface area contributed by atoms with Gasteiger partial charge in [0, 0.05) is 4.90 Å². The molecule has 0 spiro atoms. The van der Waals surface area contributed by atoms with E-state index in [9.17, 15) is 4.79 Å². The van der Waals surface area contributed by atoms with Crippen LogP contribution in [0, 0.1) is 6.92 Å². The fraction of sp³-hybridized carbons (Fsp3) is 0.125. The van der Waals surface area contributed by atoms with Crippen LogP contribution in [0.2, 0.25) is 5.02 Å². The lowest BCUT2D eigenvalue weighted by atomic mass is 10.2. The summed E-state index contributed by atoms with van der Waals surface area (Å²) in [6.45, 7) is 2.01. The van der Waals surface area contributed by atoms with E-state index in [2.05, 4.69) is 10.3 Å². The topological polar surface area (TPSA) is 42.0 Å². The number of nitrogens with zero attached hydrogens (tertiary/aromatic N) is 1. The van der Waals surface area contributed by atoms with Gasteiger partial charge in [-0.3, -0.25) is 10.1 Å². The SMILES string of the molecule is CSc1ccc(Cl)c(C(=O)Nc2nc3c(C)cccc3s2)c1. The lowest BCUT2D eigenvalue weighted by Gasteiger charge is -2.05. The molecule has 2 aromatic carbocycles. The summed E-state index contributed by atoms with van der Waals surface area (Å²) < 4.78 is 1.05. The van der Waals surface area contributed by atoms with Gasteiger partial charge in [0.1, 0.15) is 0 Å². The Kier molecular flexibility index (Phi) is 4.38. The third-order valence-corrected chi connectivity index (χ3v) is 5.25. The number of amides is 1. The van der Waals surface area contributed by atoms with Crippen LogP contribution < -0.4 is 5.32 Å². The molecule has 1 aromatic heterocycles. The van der Waals surface area contributed by atoms with Crippen molar-refractivity contribution in [1.82, 2.24) is 4.98 Å².